The fraction of sp³-hybridized carbons (Fsp3) is 0.625. The highest BCUT2D eigenvalue weighted by Crippen LogP contribution is 2.62. The lowest BCUT2D eigenvalue weighted by Gasteiger charge is -2.55. The van der Waals surface area contributed by atoms with E-state index in [4.69, 9.17) is 4.74 Å². The standard InChI is InChI=1S/C32H48O6/c1-22(2)10-7-12-26(21-38-25(5)35)13-8-11-23(3)28-16-18-32(30(28)36)29(14-9-19-33)27(24(4)20-34)15-17-31(32,6)37/h8,10-11,13,20,28-30,33,36-37H,3,7,9,12,14-19,21H2,1-2,4-6H3/b11-8+,26-13-,27-24+/t28-,29+,30+,31-,32-/m0/s1. The Hall–Kier alpha value is -2.28. The Labute approximate surface area is 228 Å². The molecule has 6 nitrogen and oxygen atoms in total. The summed E-state index contributed by atoms with van der Waals surface area (Å²) >= 11 is 0. The Bertz CT molecular complexity index is 978. The van der Waals surface area contributed by atoms with Crippen LogP contribution in [0.2, 0.25) is 0 Å². The van der Waals surface area contributed by atoms with Crippen LogP contribution in [-0.4, -0.2) is 52.5 Å². The van der Waals surface area contributed by atoms with Crippen molar-refractivity contribution in [3.05, 3.63) is 58.7 Å². The molecule has 0 heterocycles. The molecule has 5 atom stereocenters. The van der Waals surface area contributed by atoms with Gasteiger partial charge >= 0.3 is 5.97 Å². The highest BCUT2D eigenvalue weighted by molar-refractivity contribution is 5.74. The van der Waals surface area contributed by atoms with Crippen LogP contribution in [0.1, 0.15) is 86.0 Å². The molecule has 0 aromatic rings. The van der Waals surface area contributed by atoms with Crippen molar-refractivity contribution in [2.75, 3.05) is 13.2 Å². The van der Waals surface area contributed by atoms with E-state index in [0.717, 1.165) is 35.8 Å². The summed E-state index contributed by atoms with van der Waals surface area (Å²) < 4.78 is 5.22. The zero-order valence-corrected chi connectivity index (χ0v) is 24.0. The molecule has 6 heteroatoms. The Morgan fingerprint density at radius 3 is 2.53 bits per heavy atom. The summed E-state index contributed by atoms with van der Waals surface area (Å²) in [6.07, 6.45) is 13.1. The van der Waals surface area contributed by atoms with E-state index in [9.17, 15) is 24.9 Å². The highest BCUT2D eigenvalue weighted by Gasteiger charge is 2.63. The average Bonchev–Trinajstić information content (AvgIpc) is 3.20. The lowest BCUT2D eigenvalue weighted by atomic mass is 9.52. The number of hydrogen-bond donors (Lipinski definition) is 3. The number of rotatable bonds is 12. The number of carbonyl (C=O) groups excluding carboxylic acids is 2. The first-order valence-electron chi connectivity index (χ1n) is 13.9. The number of aldehydes is 1. The molecule has 38 heavy (non-hydrogen) atoms. The van der Waals surface area contributed by atoms with Gasteiger partial charge in [0.05, 0.1) is 11.7 Å². The summed E-state index contributed by atoms with van der Waals surface area (Å²) in [6, 6.07) is 0. The summed E-state index contributed by atoms with van der Waals surface area (Å²) in [6.45, 7) is 13.6. The largest absolute Gasteiger partial charge is 0.461 e. The van der Waals surface area contributed by atoms with E-state index in [1.807, 2.05) is 25.2 Å². The molecule has 0 aliphatic heterocycles. The number of esters is 1. The van der Waals surface area contributed by atoms with Crippen LogP contribution in [0.15, 0.2) is 58.7 Å². The molecule has 2 rings (SSSR count). The van der Waals surface area contributed by atoms with Crippen LogP contribution in [-0.2, 0) is 14.3 Å². The van der Waals surface area contributed by atoms with Crippen LogP contribution in [0, 0.1) is 17.3 Å². The predicted octanol–water partition coefficient (Wildman–Crippen LogP) is 5.54. The zero-order valence-electron chi connectivity index (χ0n) is 24.0. The van der Waals surface area contributed by atoms with Gasteiger partial charge in [0.15, 0.2) is 0 Å². The second kappa shape index (κ2) is 14.2. The lowest BCUT2D eigenvalue weighted by molar-refractivity contribution is -0.167. The van der Waals surface area contributed by atoms with Crippen molar-refractivity contribution in [3.8, 4) is 0 Å². The van der Waals surface area contributed by atoms with Gasteiger partial charge in [-0.15, -0.1) is 0 Å². The minimum Gasteiger partial charge on any atom is -0.461 e. The first kappa shape index (κ1) is 31.9. The van der Waals surface area contributed by atoms with Gasteiger partial charge in [-0.1, -0.05) is 42.0 Å². The minimum absolute atomic E-state index is 0.0206. The summed E-state index contributed by atoms with van der Waals surface area (Å²) in [5, 5.41) is 33.1. The zero-order chi connectivity index (χ0) is 28.5. The van der Waals surface area contributed by atoms with Gasteiger partial charge in [-0.25, -0.2) is 0 Å². The third kappa shape index (κ3) is 7.43. The second-order valence-corrected chi connectivity index (χ2v) is 11.5. The summed E-state index contributed by atoms with van der Waals surface area (Å²) in [5.41, 5.74) is 2.74. The molecule has 2 aliphatic carbocycles. The van der Waals surface area contributed by atoms with Gasteiger partial charge in [-0.2, -0.15) is 0 Å². The Morgan fingerprint density at radius 2 is 1.92 bits per heavy atom. The van der Waals surface area contributed by atoms with Gasteiger partial charge in [0.2, 0.25) is 0 Å². The molecule has 212 valence electrons. The smallest absolute Gasteiger partial charge is 0.302 e. The highest BCUT2D eigenvalue weighted by atomic mass is 16.5. The van der Waals surface area contributed by atoms with Gasteiger partial charge in [0, 0.05) is 24.9 Å². The van der Waals surface area contributed by atoms with Crippen LogP contribution in [0.3, 0.4) is 0 Å². The van der Waals surface area contributed by atoms with Crippen molar-refractivity contribution in [2.45, 2.75) is 97.7 Å². The van der Waals surface area contributed by atoms with Crippen LogP contribution >= 0.6 is 0 Å². The maximum Gasteiger partial charge on any atom is 0.302 e. The Kier molecular flexibility index (Phi) is 11.9. The lowest BCUT2D eigenvalue weighted by Crippen LogP contribution is -2.59. The van der Waals surface area contributed by atoms with Crippen LogP contribution in [0.5, 0.6) is 0 Å². The molecule has 0 aromatic heterocycles. The first-order chi connectivity index (χ1) is 17.9. The van der Waals surface area contributed by atoms with E-state index in [0.29, 0.717) is 44.1 Å². The SMILES string of the molecule is C=C(/C=C/C=C(/CCC=C(C)C)COC(C)=O)[C@@H]1CC[C@]2([C@H](CCCO)/C(=C(\C)C=O)CC[C@]2(C)O)[C@@H]1O. The maximum absolute atomic E-state index is 11.8. The molecular weight excluding hydrogens is 480 g/mol. The van der Waals surface area contributed by atoms with Gasteiger partial charge in [0.25, 0.3) is 0 Å². The van der Waals surface area contributed by atoms with Crippen molar-refractivity contribution in [1.82, 2.24) is 0 Å². The fourth-order valence-corrected chi connectivity index (χ4v) is 6.54. The maximum atomic E-state index is 11.8. The Balaban J connectivity index is 2.31. The molecule has 2 fully saturated rings. The fourth-order valence-electron chi connectivity index (χ4n) is 6.54. The number of aliphatic hydroxyl groups excluding tert-OH is 2. The molecule has 0 aromatic carbocycles. The number of carbonyl (C=O) groups is 2. The first-order valence-corrected chi connectivity index (χ1v) is 13.9. The molecule has 1 spiro atoms. The summed E-state index contributed by atoms with van der Waals surface area (Å²) in [7, 11) is 0. The van der Waals surface area contributed by atoms with Crippen LogP contribution < -0.4 is 0 Å². The molecule has 0 amide bonds. The van der Waals surface area contributed by atoms with Gasteiger partial charge in [-0.3, -0.25) is 9.59 Å². The van der Waals surface area contributed by atoms with E-state index in [-0.39, 0.29) is 31.0 Å². The van der Waals surface area contributed by atoms with Crippen molar-refractivity contribution >= 4 is 12.3 Å². The molecule has 0 bridgehead atoms. The van der Waals surface area contributed by atoms with Gasteiger partial charge in [-0.05, 0) is 102 Å². The second-order valence-electron chi connectivity index (χ2n) is 11.5. The number of ether oxygens (including phenoxy) is 1. The van der Waals surface area contributed by atoms with Crippen molar-refractivity contribution in [3.63, 3.8) is 0 Å². The molecule has 3 N–H and O–H groups in total. The molecule has 0 unspecified atom stereocenters. The van der Waals surface area contributed by atoms with Crippen molar-refractivity contribution in [1.29, 1.82) is 0 Å². The van der Waals surface area contributed by atoms with E-state index in [1.165, 1.54) is 12.5 Å². The Morgan fingerprint density at radius 1 is 1.21 bits per heavy atom. The van der Waals surface area contributed by atoms with Crippen LogP contribution in [0.4, 0.5) is 0 Å². The summed E-state index contributed by atoms with van der Waals surface area (Å²) in [4.78, 5) is 23.0. The van der Waals surface area contributed by atoms with Crippen molar-refractivity contribution < 1.29 is 29.6 Å². The van der Waals surface area contributed by atoms with Gasteiger partial charge < -0.3 is 20.1 Å². The van der Waals surface area contributed by atoms with Crippen LogP contribution in [0.25, 0.3) is 0 Å². The molecule has 0 saturated heterocycles. The molecule has 2 saturated carbocycles. The number of aliphatic hydroxyl groups is 3. The topological polar surface area (TPSA) is 104 Å². The normalized spacial score (nSPS) is 30.9. The number of hydrogen-bond acceptors (Lipinski definition) is 6. The van der Waals surface area contributed by atoms with Gasteiger partial charge in [0.1, 0.15) is 12.9 Å². The monoisotopic (exact) mass is 528 g/mol. The van der Waals surface area contributed by atoms with E-state index < -0.39 is 17.1 Å². The third-order valence-corrected chi connectivity index (χ3v) is 8.64. The average molecular weight is 529 g/mol. The van der Waals surface area contributed by atoms with E-state index >= 15 is 0 Å². The summed E-state index contributed by atoms with van der Waals surface area (Å²) in [5.74, 6) is -0.744. The molecular formula is C32H48O6. The van der Waals surface area contributed by atoms with Crippen molar-refractivity contribution in [2.24, 2.45) is 17.3 Å². The third-order valence-electron chi connectivity index (χ3n) is 8.64. The molecule has 2 aliphatic rings. The number of allylic oxidation sites excluding steroid dienone is 7. The predicted molar refractivity (Wildman–Crippen MR) is 151 cm³/mol. The minimum atomic E-state index is -1.11. The van der Waals surface area contributed by atoms with E-state index in [1.54, 1.807) is 6.92 Å². The molecule has 0 radical (unpaired) electrons. The quantitative estimate of drug-likeness (QED) is 0.101. The van der Waals surface area contributed by atoms with E-state index in [2.05, 4.69) is 26.5 Å².